The van der Waals surface area contributed by atoms with Crippen LogP contribution in [0.25, 0.3) is 17.5 Å². The van der Waals surface area contributed by atoms with Crippen molar-refractivity contribution in [3.63, 3.8) is 0 Å². The van der Waals surface area contributed by atoms with E-state index in [1.807, 2.05) is 53.9 Å². The van der Waals surface area contributed by atoms with Crippen LogP contribution >= 0.6 is 11.3 Å². The Bertz CT molecular complexity index is 1160. The summed E-state index contributed by atoms with van der Waals surface area (Å²) < 4.78 is 28.5. The molecular weight excluding hydrogens is 420 g/mol. The highest BCUT2D eigenvalue weighted by atomic mass is 32.2. The van der Waals surface area contributed by atoms with E-state index in [1.165, 1.54) is 9.71 Å². The molecule has 30 heavy (non-hydrogen) atoms. The Morgan fingerprint density at radius 3 is 2.43 bits per heavy atom. The molecule has 0 N–H and O–H groups in total. The van der Waals surface area contributed by atoms with Crippen molar-refractivity contribution < 1.29 is 8.42 Å². The minimum Gasteiger partial charge on any atom is -0.284 e. The average Bonchev–Trinajstić information content (AvgIpc) is 3.14. The van der Waals surface area contributed by atoms with E-state index in [1.54, 1.807) is 16.8 Å². The first kappa shape index (κ1) is 20.7. The lowest BCUT2D eigenvalue weighted by Gasteiger charge is -2.33. The van der Waals surface area contributed by atoms with Crippen molar-refractivity contribution in [2.75, 3.05) is 26.2 Å². The lowest BCUT2D eigenvalue weighted by Crippen LogP contribution is -2.48. The van der Waals surface area contributed by atoms with E-state index in [9.17, 15) is 13.2 Å². The Labute approximate surface area is 179 Å². The summed E-state index contributed by atoms with van der Waals surface area (Å²) in [5.41, 5.74) is 2.38. The van der Waals surface area contributed by atoms with Gasteiger partial charge >= 0.3 is 4.87 Å². The Morgan fingerprint density at radius 2 is 1.73 bits per heavy atom. The highest BCUT2D eigenvalue weighted by molar-refractivity contribution is 7.92. The van der Waals surface area contributed by atoms with Crippen molar-refractivity contribution in [1.82, 2.24) is 18.8 Å². The standard InChI is InChI=1S/C21H22N4O3S2/c26-21-25(20(16-29-21)19-8-4-5-10-22-19)17-23-11-13-24(14-12-23)30(27,28)15-9-18-6-2-1-3-7-18/h1-10,15-16H,11-14,17H2/b15-9+. The molecule has 3 aromatic rings. The molecule has 2 aromatic heterocycles. The van der Waals surface area contributed by atoms with Crippen LogP contribution in [0.1, 0.15) is 5.56 Å². The van der Waals surface area contributed by atoms with Gasteiger partial charge in [0.25, 0.3) is 0 Å². The highest BCUT2D eigenvalue weighted by Gasteiger charge is 2.25. The monoisotopic (exact) mass is 442 g/mol. The second kappa shape index (κ2) is 9.05. The molecule has 0 bridgehead atoms. The van der Waals surface area contributed by atoms with E-state index in [4.69, 9.17) is 0 Å². The fourth-order valence-electron chi connectivity index (χ4n) is 3.32. The van der Waals surface area contributed by atoms with Crippen LogP contribution in [0, 0.1) is 0 Å². The quantitative estimate of drug-likeness (QED) is 0.587. The van der Waals surface area contributed by atoms with Crippen molar-refractivity contribution in [3.05, 3.63) is 80.7 Å². The number of hydrogen-bond donors (Lipinski definition) is 0. The predicted octanol–water partition coefficient (Wildman–Crippen LogP) is 2.55. The van der Waals surface area contributed by atoms with E-state index in [0.717, 1.165) is 28.3 Å². The summed E-state index contributed by atoms with van der Waals surface area (Å²) in [5, 5.41) is 3.08. The fourth-order valence-corrected chi connectivity index (χ4v) is 5.24. The third kappa shape index (κ3) is 4.76. The molecule has 0 spiro atoms. The Kier molecular flexibility index (Phi) is 6.24. The average molecular weight is 443 g/mol. The van der Waals surface area contributed by atoms with Crippen LogP contribution < -0.4 is 4.87 Å². The van der Waals surface area contributed by atoms with Crippen molar-refractivity contribution in [3.8, 4) is 11.4 Å². The van der Waals surface area contributed by atoms with Gasteiger partial charge in [-0.2, -0.15) is 4.31 Å². The van der Waals surface area contributed by atoms with Crippen molar-refractivity contribution in [2.45, 2.75) is 6.67 Å². The van der Waals surface area contributed by atoms with Gasteiger partial charge in [-0.1, -0.05) is 47.7 Å². The molecule has 156 valence electrons. The van der Waals surface area contributed by atoms with Crippen molar-refractivity contribution >= 4 is 27.4 Å². The fraction of sp³-hybridized carbons (Fsp3) is 0.238. The summed E-state index contributed by atoms with van der Waals surface area (Å²) in [4.78, 5) is 18.7. The van der Waals surface area contributed by atoms with Crippen LogP contribution in [-0.4, -0.2) is 53.4 Å². The summed E-state index contributed by atoms with van der Waals surface area (Å²) in [5.74, 6) is 0. The summed E-state index contributed by atoms with van der Waals surface area (Å²) in [6, 6.07) is 15.0. The zero-order chi connectivity index (χ0) is 21.0. The van der Waals surface area contributed by atoms with Crippen molar-refractivity contribution in [1.29, 1.82) is 0 Å². The molecule has 7 nitrogen and oxygen atoms in total. The van der Waals surface area contributed by atoms with Gasteiger partial charge in [0.15, 0.2) is 0 Å². The maximum atomic E-state index is 12.6. The summed E-state index contributed by atoms with van der Waals surface area (Å²) in [6.07, 6.45) is 3.32. The molecule has 0 radical (unpaired) electrons. The van der Waals surface area contributed by atoms with Crippen LogP contribution in [0.2, 0.25) is 0 Å². The summed E-state index contributed by atoms with van der Waals surface area (Å²) in [7, 11) is -3.48. The SMILES string of the molecule is O=c1scc(-c2ccccn2)n1CN1CCN(S(=O)(=O)/C=C/c2ccccc2)CC1. The van der Waals surface area contributed by atoms with E-state index in [-0.39, 0.29) is 4.87 Å². The number of hydrogen-bond acceptors (Lipinski definition) is 6. The number of sulfonamides is 1. The van der Waals surface area contributed by atoms with Crippen LogP contribution in [0.3, 0.4) is 0 Å². The molecule has 1 aliphatic rings. The van der Waals surface area contributed by atoms with E-state index in [0.29, 0.717) is 32.8 Å². The van der Waals surface area contributed by atoms with Gasteiger partial charge in [0.2, 0.25) is 10.0 Å². The van der Waals surface area contributed by atoms with E-state index >= 15 is 0 Å². The molecule has 9 heteroatoms. The maximum absolute atomic E-state index is 12.6. The number of rotatable bonds is 6. The van der Waals surface area contributed by atoms with Gasteiger partial charge in [-0.25, -0.2) is 8.42 Å². The minimum atomic E-state index is -3.48. The number of piperazine rings is 1. The minimum absolute atomic E-state index is 0.0449. The molecule has 4 rings (SSSR count). The van der Waals surface area contributed by atoms with E-state index in [2.05, 4.69) is 9.88 Å². The Morgan fingerprint density at radius 1 is 1.00 bits per heavy atom. The normalized spacial score (nSPS) is 16.3. The Balaban J connectivity index is 1.41. The summed E-state index contributed by atoms with van der Waals surface area (Å²) in [6.45, 7) is 2.31. The number of thiazole rings is 1. The first-order valence-electron chi connectivity index (χ1n) is 9.58. The molecule has 0 aliphatic carbocycles. The van der Waals surface area contributed by atoms with Gasteiger partial charge in [-0.05, 0) is 23.8 Å². The number of benzene rings is 1. The van der Waals surface area contributed by atoms with Crippen LogP contribution in [-0.2, 0) is 16.7 Å². The molecule has 1 aliphatic heterocycles. The number of pyridine rings is 1. The second-order valence-corrected chi connectivity index (χ2v) is 9.59. The van der Waals surface area contributed by atoms with Gasteiger partial charge < -0.3 is 0 Å². The predicted molar refractivity (Wildman–Crippen MR) is 119 cm³/mol. The zero-order valence-corrected chi connectivity index (χ0v) is 17.9. The van der Waals surface area contributed by atoms with Gasteiger partial charge in [-0.15, -0.1) is 0 Å². The molecule has 0 atom stereocenters. The molecule has 1 saturated heterocycles. The third-order valence-electron chi connectivity index (χ3n) is 4.97. The zero-order valence-electron chi connectivity index (χ0n) is 16.3. The van der Waals surface area contributed by atoms with Crippen LogP contribution in [0.15, 0.2) is 70.3 Å². The summed E-state index contributed by atoms with van der Waals surface area (Å²) >= 11 is 1.15. The first-order valence-corrected chi connectivity index (χ1v) is 12.0. The van der Waals surface area contributed by atoms with E-state index < -0.39 is 10.0 Å². The number of aromatic nitrogens is 2. The van der Waals surface area contributed by atoms with Gasteiger partial charge in [-0.3, -0.25) is 19.2 Å². The second-order valence-electron chi connectivity index (χ2n) is 6.95. The van der Waals surface area contributed by atoms with Crippen LogP contribution in [0.5, 0.6) is 0 Å². The molecule has 0 amide bonds. The topological polar surface area (TPSA) is 75.5 Å². The van der Waals surface area contributed by atoms with Gasteiger partial charge in [0, 0.05) is 43.2 Å². The first-order chi connectivity index (χ1) is 14.5. The maximum Gasteiger partial charge on any atom is 0.308 e. The van der Waals surface area contributed by atoms with Gasteiger partial charge in [0.1, 0.15) is 0 Å². The lowest BCUT2D eigenvalue weighted by molar-refractivity contribution is 0.153. The molecule has 0 saturated carbocycles. The smallest absolute Gasteiger partial charge is 0.284 e. The third-order valence-corrected chi connectivity index (χ3v) is 7.30. The number of nitrogens with zero attached hydrogens (tertiary/aromatic N) is 4. The molecule has 0 unspecified atom stereocenters. The highest BCUT2D eigenvalue weighted by Crippen LogP contribution is 2.18. The molecule has 1 fully saturated rings. The lowest BCUT2D eigenvalue weighted by atomic mass is 10.2. The van der Waals surface area contributed by atoms with Crippen LogP contribution in [0.4, 0.5) is 0 Å². The largest absolute Gasteiger partial charge is 0.308 e. The Hall–Kier alpha value is -2.59. The molecule has 1 aromatic carbocycles. The van der Waals surface area contributed by atoms with Crippen molar-refractivity contribution in [2.24, 2.45) is 0 Å². The molecule has 3 heterocycles. The molecular formula is C21H22N4O3S2. The van der Waals surface area contributed by atoms with Gasteiger partial charge in [0.05, 0.1) is 18.1 Å².